The van der Waals surface area contributed by atoms with Crippen molar-refractivity contribution >= 4 is 16.7 Å². The van der Waals surface area contributed by atoms with Crippen LogP contribution in [0.25, 0.3) is 22.2 Å². The van der Waals surface area contributed by atoms with Gasteiger partial charge in [-0.1, -0.05) is 30.3 Å². The van der Waals surface area contributed by atoms with Gasteiger partial charge in [-0.05, 0) is 36.6 Å². The van der Waals surface area contributed by atoms with E-state index in [1.54, 1.807) is 35.3 Å². The Labute approximate surface area is 189 Å². The number of imidazole rings is 2. The summed E-state index contributed by atoms with van der Waals surface area (Å²) in [6, 6.07) is 14.7. The molecular weight excluding hydrogens is 419 g/mol. The van der Waals surface area contributed by atoms with Gasteiger partial charge in [-0.3, -0.25) is 9.55 Å². The highest BCUT2D eigenvalue weighted by Crippen LogP contribution is 2.28. The van der Waals surface area contributed by atoms with E-state index in [2.05, 4.69) is 26.3 Å². The van der Waals surface area contributed by atoms with Crippen LogP contribution in [0.1, 0.15) is 12.0 Å². The molecule has 0 aliphatic rings. The maximum absolute atomic E-state index is 14.7. The van der Waals surface area contributed by atoms with Crippen LogP contribution in [-0.4, -0.2) is 30.6 Å². The second-order valence-corrected chi connectivity index (χ2v) is 7.98. The third kappa shape index (κ3) is 4.32. The fraction of sp³-hybridized carbons (Fsp3) is 0.200. The number of benzene rings is 2. The molecule has 0 spiro atoms. The molecule has 5 rings (SSSR count). The van der Waals surface area contributed by atoms with E-state index in [1.165, 1.54) is 17.0 Å². The molecule has 0 unspecified atom stereocenters. The lowest BCUT2D eigenvalue weighted by atomic mass is 10.1. The van der Waals surface area contributed by atoms with Crippen molar-refractivity contribution < 1.29 is 4.39 Å². The molecule has 3 heterocycles. The Morgan fingerprint density at radius 3 is 2.76 bits per heavy atom. The smallest absolute Gasteiger partial charge is 0.327 e. The fourth-order valence-electron chi connectivity index (χ4n) is 4.24. The third-order valence-corrected chi connectivity index (χ3v) is 5.84. The van der Waals surface area contributed by atoms with E-state index < -0.39 is 0 Å². The standard InChI is InChI=1S/C25H25FN6O/c26-21-8-3-1-7-20(21)23-24(28-11-10-18-16-29-22-9-4-2-6-19(18)22)30-25(33)32(23)14-5-13-31-15-12-27-17-31/h1-4,6-9,12,15-17,28-29H,5,10-11,13-14H2,(H,30,33). The van der Waals surface area contributed by atoms with Crippen LogP contribution >= 0.6 is 0 Å². The molecule has 0 aliphatic carbocycles. The summed E-state index contributed by atoms with van der Waals surface area (Å²) in [4.78, 5) is 23.1. The Hall–Kier alpha value is -4.07. The first-order valence-electron chi connectivity index (χ1n) is 11.0. The van der Waals surface area contributed by atoms with Gasteiger partial charge in [-0.15, -0.1) is 0 Å². The highest BCUT2D eigenvalue weighted by molar-refractivity contribution is 5.83. The van der Waals surface area contributed by atoms with Crippen molar-refractivity contribution in [3.63, 3.8) is 0 Å². The van der Waals surface area contributed by atoms with Gasteiger partial charge < -0.3 is 14.9 Å². The number of rotatable bonds is 9. The molecule has 0 saturated heterocycles. The van der Waals surface area contributed by atoms with E-state index in [0.29, 0.717) is 36.6 Å². The van der Waals surface area contributed by atoms with E-state index in [4.69, 9.17) is 0 Å². The molecule has 168 valence electrons. The Balaban J connectivity index is 1.38. The summed E-state index contributed by atoms with van der Waals surface area (Å²) in [6.45, 7) is 1.78. The van der Waals surface area contributed by atoms with Crippen molar-refractivity contribution in [1.82, 2.24) is 24.1 Å². The molecular formula is C25H25FN6O. The van der Waals surface area contributed by atoms with Crippen molar-refractivity contribution in [3.8, 4) is 11.3 Å². The highest BCUT2D eigenvalue weighted by Gasteiger charge is 2.18. The average molecular weight is 445 g/mol. The van der Waals surface area contributed by atoms with Crippen LogP contribution in [0.15, 0.2) is 78.2 Å². The topological polar surface area (TPSA) is 83.4 Å². The molecule has 0 atom stereocenters. The van der Waals surface area contributed by atoms with Crippen molar-refractivity contribution in [2.45, 2.75) is 25.9 Å². The number of nitrogens with zero attached hydrogens (tertiary/aromatic N) is 3. The van der Waals surface area contributed by atoms with Gasteiger partial charge in [0.1, 0.15) is 11.6 Å². The van der Waals surface area contributed by atoms with Crippen molar-refractivity contribution in [3.05, 3.63) is 95.3 Å². The lowest BCUT2D eigenvalue weighted by Crippen LogP contribution is -2.19. The molecule has 0 fully saturated rings. The molecule has 3 N–H and O–H groups in total. The Bertz CT molecular complexity index is 1410. The maximum atomic E-state index is 14.7. The van der Waals surface area contributed by atoms with Gasteiger partial charge >= 0.3 is 5.69 Å². The summed E-state index contributed by atoms with van der Waals surface area (Å²) in [5.41, 5.74) is 2.97. The molecule has 33 heavy (non-hydrogen) atoms. The van der Waals surface area contributed by atoms with Gasteiger partial charge in [0.25, 0.3) is 0 Å². The van der Waals surface area contributed by atoms with Gasteiger partial charge in [0.05, 0.1) is 12.0 Å². The first-order valence-corrected chi connectivity index (χ1v) is 11.0. The average Bonchev–Trinajstić information content (AvgIpc) is 3.55. The lowest BCUT2D eigenvalue weighted by molar-refractivity contribution is 0.555. The SMILES string of the molecule is O=c1[nH]c(NCCc2c[nH]c3ccccc23)c(-c2ccccc2F)n1CCCn1ccnc1. The fourth-order valence-corrected chi connectivity index (χ4v) is 4.24. The van der Waals surface area contributed by atoms with Gasteiger partial charge in [-0.2, -0.15) is 0 Å². The maximum Gasteiger partial charge on any atom is 0.327 e. The van der Waals surface area contributed by atoms with E-state index >= 15 is 0 Å². The largest absolute Gasteiger partial charge is 0.369 e. The number of halogens is 1. The summed E-state index contributed by atoms with van der Waals surface area (Å²) >= 11 is 0. The van der Waals surface area contributed by atoms with E-state index in [1.807, 2.05) is 35.2 Å². The molecule has 3 aromatic heterocycles. The van der Waals surface area contributed by atoms with Crippen LogP contribution in [0.4, 0.5) is 10.2 Å². The minimum absolute atomic E-state index is 0.256. The number of aromatic nitrogens is 5. The quantitative estimate of drug-likeness (QED) is 0.315. The van der Waals surface area contributed by atoms with Gasteiger partial charge in [0.2, 0.25) is 0 Å². The molecule has 0 radical (unpaired) electrons. The number of para-hydroxylation sites is 1. The van der Waals surface area contributed by atoms with Crippen LogP contribution < -0.4 is 11.0 Å². The minimum Gasteiger partial charge on any atom is -0.369 e. The minimum atomic E-state index is -0.362. The normalized spacial score (nSPS) is 11.3. The first kappa shape index (κ1) is 20.8. The van der Waals surface area contributed by atoms with Crippen molar-refractivity contribution in [1.29, 1.82) is 0 Å². The van der Waals surface area contributed by atoms with E-state index in [0.717, 1.165) is 18.5 Å². The van der Waals surface area contributed by atoms with Crippen molar-refractivity contribution in [2.75, 3.05) is 11.9 Å². The second-order valence-electron chi connectivity index (χ2n) is 7.98. The Morgan fingerprint density at radius 1 is 1.06 bits per heavy atom. The number of hydrogen-bond donors (Lipinski definition) is 3. The summed E-state index contributed by atoms with van der Waals surface area (Å²) < 4.78 is 18.3. The second kappa shape index (κ2) is 9.20. The molecule has 0 amide bonds. The predicted molar refractivity (Wildman–Crippen MR) is 128 cm³/mol. The molecule has 5 aromatic rings. The summed E-state index contributed by atoms with van der Waals surface area (Å²) in [5, 5.41) is 4.51. The molecule has 0 saturated carbocycles. The number of hydrogen-bond acceptors (Lipinski definition) is 3. The number of fused-ring (bicyclic) bond motifs is 1. The monoisotopic (exact) mass is 444 g/mol. The van der Waals surface area contributed by atoms with E-state index in [-0.39, 0.29) is 11.5 Å². The summed E-state index contributed by atoms with van der Waals surface area (Å²) in [6.07, 6.45) is 8.83. The van der Waals surface area contributed by atoms with E-state index in [9.17, 15) is 9.18 Å². The molecule has 2 aromatic carbocycles. The summed E-state index contributed by atoms with van der Waals surface area (Å²) in [5.74, 6) is 0.173. The Morgan fingerprint density at radius 2 is 1.91 bits per heavy atom. The number of H-pyrrole nitrogens is 2. The predicted octanol–water partition coefficient (Wildman–Crippen LogP) is 4.41. The van der Waals surface area contributed by atoms with Crippen molar-refractivity contribution in [2.24, 2.45) is 0 Å². The molecule has 8 heteroatoms. The van der Waals surface area contributed by atoms with Crippen LogP contribution in [0.5, 0.6) is 0 Å². The Kier molecular flexibility index (Phi) is 5.80. The third-order valence-electron chi connectivity index (χ3n) is 5.84. The zero-order valence-electron chi connectivity index (χ0n) is 18.1. The van der Waals surface area contributed by atoms with Crippen LogP contribution in [0, 0.1) is 5.82 Å². The van der Waals surface area contributed by atoms with Gasteiger partial charge in [-0.25, -0.2) is 14.2 Å². The lowest BCUT2D eigenvalue weighted by Gasteiger charge is -2.12. The zero-order valence-corrected chi connectivity index (χ0v) is 18.1. The first-order chi connectivity index (χ1) is 16.2. The number of aryl methyl sites for hydroxylation is 1. The molecule has 0 aliphatic heterocycles. The van der Waals surface area contributed by atoms with Gasteiger partial charge in [0.15, 0.2) is 0 Å². The zero-order chi connectivity index (χ0) is 22.6. The summed E-state index contributed by atoms with van der Waals surface area (Å²) in [7, 11) is 0. The highest BCUT2D eigenvalue weighted by atomic mass is 19.1. The van der Waals surface area contributed by atoms with Crippen LogP contribution in [0.3, 0.4) is 0 Å². The van der Waals surface area contributed by atoms with Crippen LogP contribution in [-0.2, 0) is 19.5 Å². The number of anilines is 1. The number of nitrogens with one attached hydrogen (secondary N) is 3. The number of aromatic amines is 2. The van der Waals surface area contributed by atoms with Crippen LogP contribution in [0.2, 0.25) is 0 Å². The molecule has 7 nitrogen and oxygen atoms in total. The molecule has 0 bridgehead atoms. The van der Waals surface area contributed by atoms with Gasteiger partial charge in [0, 0.05) is 54.7 Å².